The van der Waals surface area contributed by atoms with Crippen LogP contribution in [0.1, 0.15) is 20.3 Å². The van der Waals surface area contributed by atoms with Crippen molar-refractivity contribution in [1.82, 2.24) is 4.90 Å². The maximum Gasteiger partial charge on any atom is 0.235 e. The van der Waals surface area contributed by atoms with Gasteiger partial charge in [0, 0.05) is 6.42 Å². The van der Waals surface area contributed by atoms with E-state index in [1.807, 2.05) is 0 Å². The molecule has 1 saturated heterocycles. The van der Waals surface area contributed by atoms with Crippen molar-refractivity contribution in [2.75, 3.05) is 20.3 Å². The molecule has 1 heterocycles. The molecule has 1 atom stereocenters. The Balaban J connectivity index is 1.86. The zero-order valence-corrected chi connectivity index (χ0v) is 13.0. The lowest BCUT2D eigenvalue weighted by Gasteiger charge is -2.21. The molecule has 6 nitrogen and oxygen atoms in total. The molecule has 1 aromatic carbocycles. The van der Waals surface area contributed by atoms with Gasteiger partial charge in [0.05, 0.1) is 19.1 Å². The summed E-state index contributed by atoms with van der Waals surface area (Å²) < 4.78 is 10.5. The van der Waals surface area contributed by atoms with Gasteiger partial charge in [-0.25, -0.2) is 0 Å². The molecule has 2 amide bonds. The normalized spacial score (nSPS) is 18.5. The Labute approximate surface area is 129 Å². The average Bonchev–Trinajstić information content (AvgIpc) is 2.67. The summed E-state index contributed by atoms with van der Waals surface area (Å²) in [6.45, 7) is 3.42. The number of aliphatic hydroxyl groups is 1. The fourth-order valence-electron chi connectivity index (χ4n) is 2.34. The van der Waals surface area contributed by atoms with E-state index in [2.05, 4.69) is 0 Å². The summed E-state index contributed by atoms with van der Waals surface area (Å²) in [7, 11) is 1.57. The molecule has 0 aliphatic carbocycles. The minimum atomic E-state index is -0.927. The number of likely N-dealkylation sites (tertiary alicyclic amines) is 1. The summed E-state index contributed by atoms with van der Waals surface area (Å²) in [5, 5.41) is 9.98. The molecule has 1 N–H and O–H groups in total. The molecule has 0 aromatic heterocycles. The molecular formula is C16H21NO5. The third kappa shape index (κ3) is 3.57. The molecule has 22 heavy (non-hydrogen) atoms. The van der Waals surface area contributed by atoms with Gasteiger partial charge in [-0.05, 0) is 24.3 Å². The third-order valence-corrected chi connectivity index (χ3v) is 3.61. The monoisotopic (exact) mass is 307 g/mol. The fourth-order valence-corrected chi connectivity index (χ4v) is 2.34. The van der Waals surface area contributed by atoms with E-state index >= 15 is 0 Å². The maximum absolute atomic E-state index is 12.1. The van der Waals surface area contributed by atoms with Crippen LogP contribution in [0.3, 0.4) is 0 Å². The molecule has 120 valence electrons. The number of β-amino-alcohol motifs (C(OH)–C–C–N with tert-alkyl or cyclic N) is 1. The average molecular weight is 307 g/mol. The number of methoxy groups -OCH3 is 1. The van der Waals surface area contributed by atoms with Gasteiger partial charge in [0.1, 0.15) is 24.2 Å². The van der Waals surface area contributed by atoms with Gasteiger partial charge in [0.25, 0.3) is 0 Å². The molecule has 1 aromatic rings. The number of nitrogens with zero attached hydrogens (tertiary/aromatic N) is 1. The van der Waals surface area contributed by atoms with Crippen LogP contribution < -0.4 is 9.47 Å². The zero-order valence-electron chi connectivity index (χ0n) is 13.0. The van der Waals surface area contributed by atoms with Gasteiger partial charge in [-0.15, -0.1) is 0 Å². The van der Waals surface area contributed by atoms with Gasteiger partial charge in [-0.2, -0.15) is 0 Å². The van der Waals surface area contributed by atoms with Crippen molar-refractivity contribution in [3.05, 3.63) is 24.3 Å². The molecule has 2 rings (SSSR count). The minimum absolute atomic E-state index is 0.00379. The van der Waals surface area contributed by atoms with Crippen LogP contribution in [0.5, 0.6) is 11.5 Å². The highest BCUT2D eigenvalue weighted by Crippen LogP contribution is 2.31. The topological polar surface area (TPSA) is 76.1 Å². The molecule has 1 unspecified atom stereocenters. The van der Waals surface area contributed by atoms with Crippen LogP contribution in [0.15, 0.2) is 24.3 Å². The Hall–Kier alpha value is -2.08. The standard InChI is InChI=1S/C16H21NO5/c1-16(2)8-14(19)17(15(16)20)9-11(18)10-22-13-6-4-12(21-3)5-7-13/h4-7,11,18H,8-10H2,1-3H3. The van der Waals surface area contributed by atoms with Crippen LogP contribution >= 0.6 is 0 Å². The number of imide groups is 1. The second-order valence-electron chi connectivity index (χ2n) is 6.01. The summed E-state index contributed by atoms with van der Waals surface area (Å²) in [5.74, 6) is 0.794. The Morgan fingerprint density at radius 1 is 1.23 bits per heavy atom. The van der Waals surface area contributed by atoms with Gasteiger partial charge in [-0.3, -0.25) is 14.5 Å². The number of rotatable bonds is 6. The molecule has 1 aliphatic rings. The van der Waals surface area contributed by atoms with Gasteiger partial charge in [0.2, 0.25) is 11.8 Å². The van der Waals surface area contributed by atoms with Gasteiger partial charge in [0.15, 0.2) is 0 Å². The lowest BCUT2D eigenvalue weighted by atomic mass is 9.92. The lowest BCUT2D eigenvalue weighted by Crippen LogP contribution is -2.40. The number of ether oxygens (including phenoxy) is 2. The van der Waals surface area contributed by atoms with Crippen molar-refractivity contribution in [3.63, 3.8) is 0 Å². The number of hydrogen-bond acceptors (Lipinski definition) is 5. The second-order valence-corrected chi connectivity index (χ2v) is 6.01. The van der Waals surface area contributed by atoms with E-state index in [4.69, 9.17) is 9.47 Å². The molecule has 1 aliphatic heterocycles. The van der Waals surface area contributed by atoms with E-state index in [1.54, 1.807) is 45.2 Å². The van der Waals surface area contributed by atoms with E-state index < -0.39 is 11.5 Å². The number of aliphatic hydroxyl groups excluding tert-OH is 1. The highest BCUT2D eigenvalue weighted by atomic mass is 16.5. The first-order chi connectivity index (χ1) is 10.3. The fraction of sp³-hybridized carbons (Fsp3) is 0.500. The Bertz CT molecular complexity index is 552. The summed E-state index contributed by atoms with van der Waals surface area (Å²) >= 11 is 0. The minimum Gasteiger partial charge on any atom is -0.497 e. The van der Waals surface area contributed by atoms with Crippen LogP contribution in [-0.2, 0) is 9.59 Å². The Morgan fingerprint density at radius 2 is 1.82 bits per heavy atom. The molecule has 0 radical (unpaired) electrons. The Morgan fingerprint density at radius 3 is 2.32 bits per heavy atom. The second kappa shape index (κ2) is 6.36. The quantitative estimate of drug-likeness (QED) is 0.800. The number of benzene rings is 1. The number of hydrogen-bond donors (Lipinski definition) is 1. The zero-order chi connectivity index (χ0) is 16.3. The summed E-state index contributed by atoms with van der Waals surface area (Å²) in [6, 6.07) is 6.94. The van der Waals surface area contributed by atoms with Crippen molar-refractivity contribution in [2.45, 2.75) is 26.4 Å². The smallest absolute Gasteiger partial charge is 0.235 e. The highest BCUT2D eigenvalue weighted by Gasteiger charge is 2.45. The Kier molecular flexibility index (Phi) is 4.71. The summed E-state index contributed by atoms with van der Waals surface area (Å²) in [6.07, 6.45) is -0.748. The van der Waals surface area contributed by atoms with Crippen molar-refractivity contribution < 1.29 is 24.2 Å². The number of amides is 2. The van der Waals surface area contributed by atoms with Crippen molar-refractivity contribution in [2.24, 2.45) is 5.41 Å². The van der Waals surface area contributed by atoms with E-state index in [0.29, 0.717) is 11.5 Å². The number of carbonyl (C=O) groups is 2. The third-order valence-electron chi connectivity index (χ3n) is 3.61. The molecule has 0 saturated carbocycles. The predicted molar refractivity (Wildman–Crippen MR) is 79.6 cm³/mol. The van der Waals surface area contributed by atoms with Gasteiger partial charge < -0.3 is 14.6 Å². The van der Waals surface area contributed by atoms with Crippen molar-refractivity contribution >= 4 is 11.8 Å². The number of carbonyl (C=O) groups excluding carboxylic acids is 2. The largest absolute Gasteiger partial charge is 0.497 e. The molecule has 0 spiro atoms. The molecule has 0 bridgehead atoms. The van der Waals surface area contributed by atoms with E-state index in [0.717, 1.165) is 4.90 Å². The van der Waals surface area contributed by atoms with E-state index in [9.17, 15) is 14.7 Å². The molecular weight excluding hydrogens is 286 g/mol. The van der Waals surface area contributed by atoms with E-state index in [-0.39, 0.29) is 31.4 Å². The maximum atomic E-state index is 12.1. The first-order valence-corrected chi connectivity index (χ1v) is 7.13. The van der Waals surface area contributed by atoms with Crippen LogP contribution in [0, 0.1) is 5.41 Å². The predicted octanol–water partition coefficient (Wildman–Crippen LogP) is 1.22. The van der Waals surface area contributed by atoms with Gasteiger partial charge in [-0.1, -0.05) is 13.8 Å². The van der Waals surface area contributed by atoms with E-state index in [1.165, 1.54) is 0 Å². The summed E-state index contributed by atoms with van der Waals surface area (Å²) in [4.78, 5) is 25.0. The first-order valence-electron chi connectivity index (χ1n) is 7.13. The van der Waals surface area contributed by atoms with Crippen LogP contribution in [0.2, 0.25) is 0 Å². The van der Waals surface area contributed by atoms with Gasteiger partial charge >= 0.3 is 0 Å². The summed E-state index contributed by atoms with van der Waals surface area (Å²) in [5.41, 5.74) is -0.687. The van der Waals surface area contributed by atoms with Crippen molar-refractivity contribution in [3.8, 4) is 11.5 Å². The lowest BCUT2D eigenvalue weighted by molar-refractivity contribution is -0.142. The highest BCUT2D eigenvalue weighted by molar-refractivity contribution is 6.05. The molecule has 1 fully saturated rings. The van der Waals surface area contributed by atoms with Crippen LogP contribution in [0.25, 0.3) is 0 Å². The van der Waals surface area contributed by atoms with Crippen LogP contribution in [0.4, 0.5) is 0 Å². The van der Waals surface area contributed by atoms with Crippen molar-refractivity contribution in [1.29, 1.82) is 0 Å². The SMILES string of the molecule is COc1ccc(OCC(O)CN2C(=O)CC(C)(C)C2=O)cc1. The van der Waals surface area contributed by atoms with Crippen LogP contribution in [-0.4, -0.2) is 48.2 Å². The molecule has 6 heteroatoms. The first kappa shape index (κ1) is 16.3.